The van der Waals surface area contributed by atoms with Gasteiger partial charge >= 0.3 is 0 Å². The van der Waals surface area contributed by atoms with Crippen molar-refractivity contribution in [2.45, 2.75) is 33.6 Å². The van der Waals surface area contributed by atoms with Crippen LogP contribution < -0.4 is 0 Å². The third-order valence-corrected chi connectivity index (χ3v) is 1.16. The summed E-state index contributed by atoms with van der Waals surface area (Å²) in [4.78, 5) is 10.9. The van der Waals surface area contributed by atoms with Crippen molar-refractivity contribution in [1.82, 2.24) is 0 Å². The number of hydrogen-bond donors (Lipinski definition) is 0. The maximum Gasteiger partial charge on any atom is 0.155 e. The second-order valence-corrected chi connectivity index (χ2v) is 2.82. The van der Waals surface area contributed by atoms with Gasteiger partial charge in [0.05, 0.1) is 0 Å². The quantitative estimate of drug-likeness (QED) is 0.548. The highest BCUT2D eigenvalue weighted by Gasteiger charge is 1.92. The maximum absolute atomic E-state index is 10.9. The summed E-state index contributed by atoms with van der Waals surface area (Å²) in [7, 11) is 0. The van der Waals surface area contributed by atoms with E-state index in [0.29, 0.717) is 12.3 Å². The molecule has 0 bridgehead atoms. The van der Waals surface area contributed by atoms with Crippen LogP contribution in [0.5, 0.6) is 0 Å². The van der Waals surface area contributed by atoms with E-state index < -0.39 is 0 Å². The molecule has 0 amide bonds. The first kappa shape index (κ1) is 9.41. The topological polar surface area (TPSA) is 17.1 Å². The molecule has 0 aromatic heterocycles. The Morgan fingerprint density at radius 3 is 2.50 bits per heavy atom. The van der Waals surface area contributed by atoms with Gasteiger partial charge in [0.1, 0.15) is 0 Å². The van der Waals surface area contributed by atoms with E-state index in [9.17, 15) is 4.79 Å². The molecule has 0 rings (SSSR count). The molecule has 0 N–H and O–H groups in total. The van der Waals surface area contributed by atoms with Crippen molar-refractivity contribution in [2.75, 3.05) is 0 Å². The van der Waals surface area contributed by atoms with Gasteiger partial charge in [-0.1, -0.05) is 26.8 Å². The van der Waals surface area contributed by atoms with Gasteiger partial charge in [-0.2, -0.15) is 0 Å². The first-order chi connectivity index (χ1) is 4.66. The lowest BCUT2D eigenvalue weighted by Gasteiger charge is -1.92. The Morgan fingerprint density at radius 2 is 2.10 bits per heavy atom. The van der Waals surface area contributed by atoms with E-state index in [1.54, 1.807) is 6.08 Å². The number of ketones is 1. The number of rotatable bonds is 4. The van der Waals surface area contributed by atoms with Gasteiger partial charge in [0.2, 0.25) is 0 Å². The molecule has 0 unspecified atom stereocenters. The lowest BCUT2D eigenvalue weighted by molar-refractivity contribution is -0.114. The van der Waals surface area contributed by atoms with Crippen molar-refractivity contribution in [3.63, 3.8) is 0 Å². The molecule has 1 nitrogen and oxygen atoms in total. The minimum Gasteiger partial charge on any atom is -0.295 e. The van der Waals surface area contributed by atoms with Gasteiger partial charge in [-0.3, -0.25) is 4.79 Å². The Hall–Kier alpha value is -0.590. The van der Waals surface area contributed by atoms with Crippen LogP contribution in [0.25, 0.3) is 0 Å². The second-order valence-electron chi connectivity index (χ2n) is 2.82. The number of allylic oxidation sites excluding steroid dienone is 2. The zero-order valence-electron chi connectivity index (χ0n) is 7.05. The molecule has 0 aromatic rings. The van der Waals surface area contributed by atoms with Crippen LogP contribution in [0.4, 0.5) is 0 Å². The molecular formula is C9H16O. The van der Waals surface area contributed by atoms with Crippen LogP contribution in [0, 0.1) is 5.92 Å². The predicted molar refractivity (Wildman–Crippen MR) is 43.9 cm³/mol. The Bertz CT molecular complexity index is 123. The molecule has 0 saturated heterocycles. The molecule has 0 aromatic carbocycles. The molecular weight excluding hydrogens is 124 g/mol. The molecule has 1 heteroatoms. The second kappa shape index (κ2) is 5.21. The highest BCUT2D eigenvalue weighted by atomic mass is 16.1. The third kappa shape index (κ3) is 5.54. The molecule has 10 heavy (non-hydrogen) atoms. The van der Waals surface area contributed by atoms with Gasteiger partial charge < -0.3 is 0 Å². The Kier molecular flexibility index (Phi) is 4.91. The van der Waals surface area contributed by atoms with Crippen LogP contribution in [-0.4, -0.2) is 5.78 Å². The van der Waals surface area contributed by atoms with E-state index in [1.807, 2.05) is 13.0 Å². The molecule has 0 aliphatic heterocycles. The molecule has 0 atom stereocenters. The summed E-state index contributed by atoms with van der Waals surface area (Å²) in [6.45, 7) is 6.15. The van der Waals surface area contributed by atoms with Gasteiger partial charge in [-0.25, -0.2) is 0 Å². The van der Waals surface area contributed by atoms with Crippen LogP contribution in [0.1, 0.15) is 33.6 Å². The predicted octanol–water partition coefficient (Wildman–Crippen LogP) is 2.57. The fraction of sp³-hybridized carbons (Fsp3) is 0.667. The van der Waals surface area contributed by atoms with Crippen molar-refractivity contribution < 1.29 is 4.79 Å². The number of hydrogen-bond acceptors (Lipinski definition) is 1. The van der Waals surface area contributed by atoms with Gasteiger partial charge in [0, 0.05) is 6.42 Å². The SMILES string of the molecule is CCCC(=O)/C=C\C(C)C. The monoisotopic (exact) mass is 140 g/mol. The molecule has 0 spiro atoms. The Labute approximate surface area is 63.1 Å². The van der Waals surface area contributed by atoms with E-state index in [4.69, 9.17) is 0 Å². The van der Waals surface area contributed by atoms with Gasteiger partial charge in [-0.15, -0.1) is 0 Å². The summed E-state index contributed by atoms with van der Waals surface area (Å²) in [5.41, 5.74) is 0. The van der Waals surface area contributed by atoms with Gasteiger partial charge in [-0.05, 0) is 18.4 Å². The molecule has 0 fully saturated rings. The Morgan fingerprint density at radius 1 is 1.50 bits per heavy atom. The number of carbonyl (C=O) groups excluding carboxylic acids is 1. The molecule has 0 aliphatic carbocycles. The largest absolute Gasteiger partial charge is 0.295 e. The third-order valence-electron chi connectivity index (χ3n) is 1.16. The van der Waals surface area contributed by atoms with Crippen LogP contribution in [0.3, 0.4) is 0 Å². The first-order valence-electron chi connectivity index (χ1n) is 3.87. The number of carbonyl (C=O) groups is 1. The van der Waals surface area contributed by atoms with Gasteiger partial charge in [0.25, 0.3) is 0 Å². The first-order valence-corrected chi connectivity index (χ1v) is 3.87. The summed E-state index contributed by atoms with van der Waals surface area (Å²) < 4.78 is 0. The molecule has 0 radical (unpaired) electrons. The van der Waals surface area contributed by atoms with Crippen molar-refractivity contribution in [3.05, 3.63) is 12.2 Å². The highest BCUT2D eigenvalue weighted by Crippen LogP contribution is 1.96. The van der Waals surface area contributed by atoms with E-state index in [-0.39, 0.29) is 5.78 Å². The van der Waals surface area contributed by atoms with E-state index in [1.165, 1.54) is 0 Å². The molecule has 0 heterocycles. The van der Waals surface area contributed by atoms with Crippen molar-refractivity contribution >= 4 is 5.78 Å². The summed E-state index contributed by atoms with van der Waals surface area (Å²) >= 11 is 0. The maximum atomic E-state index is 10.9. The standard InChI is InChI=1S/C9H16O/c1-4-5-9(10)7-6-8(2)3/h6-8H,4-5H2,1-3H3/b7-6-. The lowest BCUT2D eigenvalue weighted by Crippen LogP contribution is -1.91. The Balaban J connectivity index is 3.56. The average Bonchev–Trinajstić information content (AvgIpc) is 1.85. The zero-order chi connectivity index (χ0) is 7.98. The van der Waals surface area contributed by atoms with Crippen molar-refractivity contribution in [1.29, 1.82) is 0 Å². The van der Waals surface area contributed by atoms with E-state index >= 15 is 0 Å². The van der Waals surface area contributed by atoms with Crippen LogP contribution in [-0.2, 0) is 4.79 Å². The molecule has 0 aliphatic rings. The summed E-state index contributed by atoms with van der Waals surface area (Å²) in [6, 6.07) is 0. The zero-order valence-corrected chi connectivity index (χ0v) is 7.05. The minimum absolute atomic E-state index is 0.246. The van der Waals surface area contributed by atoms with Crippen LogP contribution in [0.2, 0.25) is 0 Å². The average molecular weight is 140 g/mol. The summed E-state index contributed by atoms with van der Waals surface area (Å²) in [6.07, 6.45) is 5.26. The van der Waals surface area contributed by atoms with Crippen molar-refractivity contribution in [2.24, 2.45) is 5.92 Å². The normalized spacial score (nSPS) is 11.2. The summed E-state index contributed by atoms with van der Waals surface area (Å²) in [5.74, 6) is 0.733. The summed E-state index contributed by atoms with van der Waals surface area (Å²) in [5, 5.41) is 0. The molecule has 58 valence electrons. The fourth-order valence-electron chi connectivity index (χ4n) is 0.630. The van der Waals surface area contributed by atoms with Gasteiger partial charge in [0.15, 0.2) is 5.78 Å². The smallest absolute Gasteiger partial charge is 0.155 e. The lowest BCUT2D eigenvalue weighted by atomic mass is 10.1. The minimum atomic E-state index is 0.246. The fourth-order valence-corrected chi connectivity index (χ4v) is 0.630. The molecule has 0 saturated carbocycles. The van der Waals surface area contributed by atoms with Crippen LogP contribution in [0.15, 0.2) is 12.2 Å². The van der Waals surface area contributed by atoms with E-state index in [2.05, 4.69) is 13.8 Å². The highest BCUT2D eigenvalue weighted by molar-refractivity contribution is 5.89. The van der Waals surface area contributed by atoms with Crippen molar-refractivity contribution in [3.8, 4) is 0 Å². The van der Waals surface area contributed by atoms with Crippen LogP contribution >= 0.6 is 0 Å². The van der Waals surface area contributed by atoms with E-state index in [0.717, 1.165) is 6.42 Å².